The summed E-state index contributed by atoms with van der Waals surface area (Å²) in [6, 6.07) is 12.0. The van der Waals surface area contributed by atoms with Gasteiger partial charge in [0.15, 0.2) is 5.75 Å². The first-order chi connectivity index (χ1) is 11.0. The van der Waals surface area contributed by atoms with Gasteiger partial charge in [0.2, 0.25) is 0 Å². The highest BCUT2D eigenvalue weighted by atomic mass is 16.6. The lowest BCUT2D eigenvalue weighted by Crippen LogP contribution is -2.22. The zero-order valence-electron chi connectivity index (χ0n) is 13.0. The fraction of sp³-hybridized carbons (Fsp3) is 0.235. The minimum absolute atomic E-state index is 0.160. The van der Waals surface area contributed by atoms with E-state index >= 15 is 0 Å². The molecule has 0 unspecified atom stereocenters. The first kappa shape index (κ1) is 16.5. The molecule has 120 valence electrons. The van der Waals surface area contributed by atoms with Gasteiger partial charge in [0.25, 0.3) is 5.91 Å². The molecule has 0 aliphatic rings. The monoisotopic (exact) mass is 314 g/mol. The van der Waals surface area contributed by atoms with Gasteiger partial charge < -0.3 is 10.1 Å². The third-order valence-electron chi connectivity index (χ3n) is 3.29. The fourth-order valence-electron chi connectivity index (χ4n) is 2.07. The van der Waals surface area contributed by atoms with E-state index in [0.717, 1.165) is 11.1 Å². The lowest BCUT2D eigenvalue weighted by Gasteiger charge is -2.08. The number of carbonyl (C=O) groups excluding carboxylic acids is 1. The summed E-state index contributed by atoms with van der Waals surface area (Å²) in [5.41, 5.74) is 2.12. The summed E-state index contributed by atoms with van der Waals surface area (Å²) in [5, 5.41) is 13.8. The van der Waals surface area contributed by atoms with Crippen LogP contribution in [0.3, 0.4) is 0 Å². The molecule has 2 rings (SSSR count). The number of nitrogens with zero attached hydrogens (tertiary/aromatic N) is 1. The average Bonchev–Trinajstić information content (AvgIpc) is 2.54. The van der Waals surface area contributed by atoms with Crippen molar-refractivity contribution in [1.29, 1.82) is 0 Å². The molecule has 0 aromatic heterocycles. The number of hydrogen-bond donors (Lipinski definition) is 1. The molecule has 0 aliphatic heterocycles. The molecular formula is C17H18N2O4. The maximum absolute atomic E-state index is 12.2. The summed E-state index contributed by atoms with van der Waals surface area (Å²) in [6.45, 7) is 4.41. The number of amides is 1. The molecule has 6 nitrogen and oxygen atoms in total. The molecule has 23 heavy (non-hydrogen) atoms. The van der Waals surface area contributed by atoms with Crippen molar-refractivity contribution in [3.63, 3.8) is 0 Å². The Labute approximate surface area is 134 Å². The van der Waals surface area contributed by atoms with Crippen molar-refractivity contribution in [3.05, 3.63) is 69.3 Å². The Morgan fingerprint density at radius 2 is 1.91 bits per heavy atom. The molecule has 0 saturated heterocycles. The van der Waals surface area contributed by atoms with Gasteiger partial charge in [-0.25, -0.2) is 0 Å². The number of benzene rings is 2. The number of aryl methyl sites for hydroxylation is 1. The molecule has 2 aromatic carbocycles. The normalized spacial score (nSPS) is 10.2. The molecule has 0 aliphatic carbocycles. The lowest BCUT2D eigenvalue weighted by molar-refractivity contribution is -0.385. The number of hydrogen-bond acceptors (Lipinski definition) is 4. The van der Waals surface area contributed by atoms with Gasteiger partial charge in [-0.3, -0.25) is 14.9 Å². The highest BCUT2D eigenvalue weighted by Crippen LogP contribution is 2.27. The van der Waals surface area contributed by atoms with Crippen LogP contribution in [0.2, 0.25) is 0 Å². The molecule has 0 spiro atoms. The zero-order chi connectivity index (χ0) is 16.8. The maximum atomic E-state index is 12.2. The summed E-state index contributed by atoms with van der Waals surface area (Å²) in [5.74, 6) is -0.204. The minimum atomic E-state index is -0.554. The van der Waals surface area contributed by atoms with Crippen molar-refractivity contribution < 1.29 is 14.5 Å². The van der Waals surface area contributed by atoms with Gasteiger partial charge in [-0.1, -0.05) is 29.8 Å². The van der Waals surface area contributed by atoms with Crippen molar-refractivity contribution in [2.75, 3.05) is 6.61 Å². The zero-order valence-corrected chi connectivity index (χ0v) is 13.0. The van der Waals surface area contributed by atoms with E-state index in [2.05, 4.69) is 5.32 Å². The second-order valence-corrected chi connectivity index (χ2v) is 5.04. The van der Waals surface area contributed by atoms with E-state index in [9.17, 15) is 14.9 Å². The number of carbonyl (C=O) groups is 1. The van der Waals surface area contributed by atoms with Gasteiger partial charge in [0.1, 0.15) is 0 Å². The van der Waals surface area contributed by atoms with E-state index in [1.807, 2.05) is 31.2 Å². The Morgan fingerprint density at radius 1 is 1.22 bits per heavy atom. The van der Waals surface area contributed by atoms with E-state index < -0.39 is 4.92 Å². The third-order valence-corrected chi connectivity index (χ3v) is 3.29. The Bertz CT molecular complexity index is 711. The number of nitrogens with one attached hydrogen (secondary N) is 1. The van der Waals surface area contributed by atoms with Gasteiger partial charge in [-0.2, -0.15) is 0 Å². The van der Waals surface area contributed by atoms with E-state index in [-0.39, 0.29) is 22.9 Å². The van der Waals surface area contributed by atoms with Crippen LogP contribution in [0.15, 0.2) is 42.5 Å². The Balaban J connectivity index is 2.11. The van der Waals surface area contributed by atoms with Crippen molar-refractivity contribution in [2.45, 2.75) is 20.4 Å². The summed E-state index contributed by atoms with van der Waals surface area (Å²) in [6.07, 6.45) is 0. The summed E-state index contributed by atoms with van der Waals surface area (Å²) >= 11 is 0. The highest BCUT2D eigenvalue weighted by molar-refractivity contribution is 5.95. The van der Waals surface area contributed by atoms with Crippen LogP contribution in [0.1, 0.15) is 28.4 Å². The predicted octanol–water partition coefficient (Wildman–Crippen LogP) is 3.23. The van der Waals surface area contributed by atoms with Crippen LogP contribution >= 0.6 is 0 Å². The molecule has 6 heteroatoms. The van der Waals surface area contributed by atoms with Crippen LogP contribution in [-0.2, 0) is 6.54 Å². The second-order valence-electron chi connectivity index (χ2n) is 5.04. The molecule has 0 heterocycles. The fourth-order valence-corrected chi connectivity index (χ4v) is 2.07. The molecule has 0 saturated carbocycles. The first-order valence-electron chi connectivity index (χ1n) is 7.26. The summed E-state index contributed by atoms with van der Waals surface area (Å²) in [4.78, 5) is 22.7. The van der Waals surface area contributed by atoms with Crippen LogP contribution in [-0.4, -0.2) is 17.4 Å². The van der Waals surface area contributed by atoms with Gasteiger partial charge in [0, 0.05) is 18.2 Å². The van der Waals surface area contributed by atoms with Crippen molar-refractivity contribution >= 4 is 11.6 Å². The summed E-state index contributed by atoms with van der Waals surface area (Å²) in [7, 11) is 0. The smallest absolute Gasteiger partial charge is 0.311 e. The lowest BCUT2D eigenvalue weighted by atomic mass is 10.1. The predicted molar refractivity (Wildman–Crippen MR) is 86.6 cm³/mol. The van der Waals surface area contributed by atoms with E-state index in [1.165, 1.54) is 18.2 Å². The Morgan fingerprint density at radius 3 is 2.52 bits per heavy atom. The maximum Gasteiger partial charge on any atom is 0.311 e. The SMILES string of the molecule is CCOc1ccc(C(=O)NCc2ccc(C)cc2)cc1[N+](=O)[O-]. The second kappa shape index (κ2) is 7.40. The molecule has 0 fully saturated rings. The first-order valence-corrected chi connectivity index (χ1v) is 7.26. The van der Waals surface area contributed by atoms with Gasteiger partial charge >= 0.3 is 5.69 Å². The molecule has 0 bridgehead atoms. The topological polar surface area (TPSA) is 81.5 Å². The van der Waals surface area contributed by atoms with Crippen LogP contribution in [0.5, 0.6) is 5.75 Å². The van der Waals surface area contributed by atoms with E-state index in [4.69, 9.17) is 4.74 Å². The van der Waals surface area contributed by atoms with Gasteiger partial charge in [-0.05, 0) is 31.5 Å². The average molecular weight is 314 g/mol. The van der Waals surface area contributed by atoms with Gasteiger partial charge in [0.05, 0.1) is 11.5 Å². The standard InChI is InChI=1S/C17H18N2O4/c1-3-23-16-9-8-14(10-15(16)19(21)22)17(20)18-11-13-6-4-12(2)5-7-13/h4-10H,3,11H2,1-2H3,(H,18,20). The van der Waals surface area contributed by atoms with Crippen LogP contribution in [0, 0.1) is 17.0 Å². The molecular weight excluding hydrogens is 296 g/mol. The minimum Gasteiger partial charge on any atom is -0.487 e. The Hall–Kier alpha value is -2.89. The van der Waals surface area contributed by atoms with Gasteiger partial charge in [-0.15, -0.1) is 0 Å². The largest absolute Gasteiger partial charge is 0.487 e. The number of ether oxygens (including phenoxy) is 1. The van der Waals surface area contributed by atoms with Crippen LogP contribution < -0.4 is 10.1 Å². The van der Waals surface area contributed by atoms with Crippen molar-refractivity contribution in [2.24, 2.45) is 0 Å². The number of rotatable bonds is 6. The molecule has 2 aromatic rings. The highest BCUT2D eigenvalue weighted by Gasteiger charge is 2.18. The van der Waals surface area contributed by atoms with Crippen molar-refractivity contribution in [1.82, 2.24) is 5.32 Å². The Kier molecular flexibility index (Phi) is 5.30. The third kappa shape index (κ3) is 4.29. The number of nitro groups is 1. The molecule has 0 atom stereocenters. The van der Waals surface area contributed by atoms with Crippen LogP contribution in [0.4, 0.5) is 5.69 Å². The van der Waals surface area contributed by atoms with Crippen LogP contribution in [0.25, 0.3) is 0 Å². The van der Waals surface area contributed by atoms with Crippen molar-refractivity contribution in [3.8, 4) is 5.75 Å². The molecule has 1 amide bonds. The van der Waals surface area contributed by atoms with E-state index in [0.29, 0.717) is 13.2 Å². The summed E-state index contributed by atoms with van der Waals surface area (Å²) < 4.78 is 5.20. The van der Waals surface area contributed by atoms with E-state index in [1.54, 1.807) is 6.92 Å². The molecule has 1 N–H and O–H groups in total. The number of nitro benzene ring substituents is 1. The quantitative estimate of drug-likeness (QED) is 0.655. The molecule has 0 radical (unpaired) electrons.